The largest absolute Gasteiger partial charge is 0.393 e. The lowest BCUT2D eigenvalue weighted by molar-refractivity contribution is 0.0970. The third kappa shape index (κ3) is 2.78. The van der Waals surface area contributed by atoms with Crippen LogP contribution in [0.15, 0.2) is 6.20 Å². The van der Waals surface area contributed by atoms with Gasteiger partial charge in [-0.05, 0) is 18.8 Å². The number of nitrogens with zero attached hydrogens (tertiary/aromatic N) is 4. The average Bonchev–Trinajstić information content (AvgIpc) is 2.95. The Morgan fingerprint density at radius 3 is 3.10 bits per heavy atom. The van der Waals surface area contributed by atoms with Gasteiger partial charge in [-0.1, -0.05) is 13.8 Å². The van der Waals surface area contributed by atoms with E-state index in [1.54, 1.807) is 6.20 Å². The molecule has 0 radical (unpaired) electrons. The number of rotatable bonds is 4. The molecule has 0 spiro atoms. The molecule has 1 aliphatic rings. The van der Waals surface area contributed by atoms with Crippen LogP contribution in [-0.4, -0.2) is 51.0 Å². The Hall–Kier alpha value is -1.89. The molecule has 2 aromatic rings. The van der Waals surface area contributed by atoms with Crippen molar-refractivity contribution in [2.24, 2.45) is 5.92 Å². The van der Waals surface area contributed by atoms with E-state index in [0.717, 1.165) is 49.3 Å². The van der Waals surface area contributed by atoms with E-state index in [2.05, 4.69) is 44.2 Å². The first-order chi connectivity index (χ1) is 10.2. The average molecular weight is 290 g/mol. The lowest BCUT2D eigenvalue weighted by atomic mass is 9.97. The number of aliphatic hydroxyl groups excluding tert-OH is 1. The Labute approximate surface area is 123 Å². The Morgan fingerprint density at radius 2 is 2.33 bits per heavy atom. The van der Waals surface area contributed by atoms with Crippen molar-refractivity contribution in [3.05, 3.63) is 6.20 Å². The monoisotopic (exact) mass is 290 g/mol. The molecule has 2 atom stereocenters. The van der Waals surface area contributed by atoms with E-state index in [1.165, 1.54) is 0 Å². The maximum atomic E-state index is 9.90. The highest BCUT2D eigenvalue weighted by atomic mass is 16.3. The first kappa shape index (κ1) is 14.1. The number of hydrogen-bond donors (Lipinski definition) is 3. The molecule has 1 fully saturated rings. The molecule has 1 saturated heterocycles. The highest BCUT2D eigenvalue weighted by molar-refractivity contribution is 5.87. The number of hydrogen-bond acceptors (Lipinski definition) is 6. The fraction of sp³-hybridized carbons (Fsp3) is 0.643. The van der Waals surface area contributed by atoms with Gasteiger partial charge in [0, 0.05) is 19.6 Å². The van der Waals surface area contributed by atoms with Crippen LogP contribution in [0, 0.1) is 5.92 Å². The molecule has 114 valence electrons. The number of H-pyrrole nitrogens is 1. The highest BCUT2D eigenvalue weighted by Crippen LogP contribution is 2.28. The van der Waals surface area contributed by atoms with E-state index in [0.29, 0.717) is 5.95 Å². The number of fused-ring (bicyclic) bond motifs is 1. The Kier molecular flexibility index (Phi) is 3.92. The van der Waals surface area contributed by atoms with Gasteiger partial charge in [0.1, 0.15) is 5.82 Å². The Bertz CT molecular complexity index is 613. The second kappa shape index (κ2) is 5.85. The van der Waals surface area contributed by atoms with Gasteiger partial charge < -0.3 is 15.3 Å². The van der Waals surface area contributed by atoms with Gasteiger partial charge in [0.25, 0.3) is 0 Å². The quantitative estimate of drug-likeness (QED) is 0.788. The summed E-state index contributed by atoms with van der Waals surface area (Å²) in [5.74, 6) is 1.76. The van der Waals surface area contributed by atoms with Gasteiger partial charge >= 0.3 is 0 Å². The normalized spacial score (nSPS) is 22.7. The van der Waals surface area contributed by atoms with Crippen LogP contribution in [0.3, 0.4) is 0 Å². The number of piperidine rings is 1. The summed E-state index contributed by atoms with van der Waals surface area (Å²) in [6.07, 6.45) is 3.33. The summed E-state index contributed by atoms with van der Waals surface area (Å²) in [5.41, 5.74) is 0.748. The molecule has 0 saturated carbocycles. The predicted molar refractivity (Wildman–Crippen MR) is 82.5 cm³/mol. The first-order valence-electron chi connectivity index (χ1n) is 7.57. The summed E-state index contributed by atoms with van der Waals surface area (Å²) in [6, 6.07) is 0. The number of anilines is 2. The van der Waals surface area contributed by atoms with E-state index < -0.39 is 0 Å². The van der Waals surface area contributed by atoms with Gasteiger partial charge in [-0.2, -0.15) is 15.1 Å². The fourth-order valence-corrected chi connectivity index (χ4v) is 2.70. The summed E-state index contributed by atoms with van der Waals surface area (Å²) in [6.45, 7) is 6.62. The van der Waals surface area contributed by atoms with Gasteiger partial charge in [-0.25, -0.2) is 0 Å². The summed E-state index contributed by atoms with van der Waals surface area (Å²) in [5, 5.41) is 21.1. The smallest absolute Gasteiger partial charge is 0.226 e. The zero-order chi connectivity index (χ0) is 14.8. The van der Waals surface area contributed by atoms with Crippen LogP contribution in [0.5, 0.6) is 0 Å². The van der Waals surface area contributed by atoms with Crippen molar-refractivity contribution < 1.29 is 5.11 Å². The molecule has 0 amide bonds. The number of aromatic amines is 1. The van der Waals surface area contributed by atoms with Crippen molar-refractivity contribution in [1.29, 1.82) is 0 Å². The van der Waals surface area contributed by atoms with Crippen LogP contribution in [0.4, 0.5) is 11.8 Å². The van der Waals surface area contributed by atoms with E-state index in [9.17, 15) is 5.11 Å². The summed E-state index contributed by atoms with van der Waals surface area (Å²) >= 11 is 0. The van der Waals surface area contributed by atoms with Gasteiger partial charge in [0.15, 0.2) is 5.65 Å². The topological polar surface area (TPSA) is 90.0 Å². The van der Waals surface area contributed by atoms with Crippen LogP contribution in [0.2, 0.25) is 0 Å². The second-order valence-corrected chi connectivity index (χ2v) is 5.71. The van der Waals surface area contributed by atoms with Crippen molar-refractivity contribution >= 4 is 22.8 Å². The lowest BCUT2D eigenvalue weighted by Crippen LogP contribution is -2.42. The van der Waals surface area contributed by atoms with Crippen molar-refractivity contribution in [3.63, 3.8) is 0 Å². The molecule has 7 heteroatoms. The molecule has 2 unspecified atom stereocenters. The van der Waals surface area contributed by atoms with Crippen LogP contribution in [0.1, 0.15) is 26.7 Å². The number of aliphatic hydroxyl groups is 1. The minimum atomic E-state index is -0.222. The molecule has 3 N–H and O–H groups in total. The van der Waals surface area contributed by atoms with Crippen molar-refractivity contribution in [2.45, 2.75) is 32.8 Å². The summed E-state index contributed by atoms with van der Waals surface area (Å²) in [7, 11) is 0. The van der Waals surface area contributed by atoms with E-state index in [-0.39, 0.29) is 12.0 Å². The predicted octanol–water partition coefficient (Wildman–Crippen LogP) is 1.38. The zero-order valence-electron chi connectivity index (χ0n) is 12.5. The molecular weight excluding hydrogens is 268 g/mol. The van der Waals surface area contributed by atoms with Crippen molar-refractivity contribution in [2.75, 3.05) is 29.9 Å². The number of aromatic nitrogens is 4. The maximum absolute atomic E-state index is 9.90. The molecule has 3 heterocycles. The van der Waals surface area contributed by atoms with Crippen LogP contribution in [-0.2, 0) is 0 Å². The standard InChI is InChI=1S/C14H22N6O/c1-3-5-15-14-17-12-10(7-16-19-12)13(18-14)20-6-4-11(21)9(2)8-20/h7,9,11,21H,3-6,8H2,1-2H3,(H2,15,16,17,18,19). The van der Waals surface area contributed by atoms with E-state index in [1.807, 2.05) is 0 Å². The minimum Gasteiger partial charge on any atom is -0.393 e. The molecule has 7 nitrogen and oxygen atoms in total. The zero-order valence-corrected chi connectivity index (χ0v) is 12.5. The molecule has 21 heavy (non-hydrogen) atoms. The minimum absolute atomic E-state index is 0.222. The van der Waals surface area contributed by atoms with Crippen LogP contribution in [0.25, 0.3) is 11.0 Å². The molecule has 0 aromatic carbocycles. The van der Waals surface area contributed by atoms with E-state index >= 15 is 0 Å². The number of nitrogens with one attached hydrogen (secondary N) is 2. The molecule has 0 aliphatic carbocycles. The SMILES string of the molecule is CCCNc1nc(N2CCC(O)C(C)C2)c2cn[nH]c2n1. The Balaban J connectivity index is 1.94. The third-order valence-corrected chi connectivity index (χ3v) is 3.98. The van der Waals surface area contributed by atoms with E-state index in [4.69, 9.17) is 0 Å². The highest BCUT2D eigenvalue weighted by Gasteiger charge is 2.26. The van der Waals surface area contributed by atoms with Crippen LogP contribution >= 0.6 is 0 Å². The van der Waals surface area contributed by atoms with Crippen molar-refractivity contribution in [1.82, 2.24) is 20.2 Å². The third-order valence-electron chi connectivity index (χ3n) is 3.98. The lowest BCUT2D eigenvalue weighted by Gasteiger charge is -2.35. The second-order valence-electron chi connectivity index (χ2n) is 5.71. The van der Waals surface area contributed by atoms with Crippen LogP contribution < -0.4 is 10.2 Å². The summed E-state index contributed by atoms with van der Waals surface area (Å²) in [4.78, 5) is 11.3. The molecule has 1 aliphatic heterocycles. The van der Waals surface area contributed by atoms with Gasteiger partial charge in [-0.15, -0.1) is 0 Å². The van der Waals surface area contributed by atoms with Gasteiger partial charge in [0.2, 0.25) is 5.95 Å². The fourth-order valence-electron chi connectivity index (χ4n) is 2.70. The van der Waals surface area contributed by atoms with Crippen molar-refractivity contribution in [3.8, 4) is 0 Å². The first-order valence-corrected chi connectivity index (χ1v) is 7.57. The van der Waals surface area contributed by atoms with Gasteiger partial charge in [-0.3, -0.25) is 5.10 Å². The molecule has 2 aromatic heterocycles. The summed E-state index contributed by atoms with van der Waals surface area (Å²) < 4.78 is 0. The molecular formula is C14H22N6O. The maximum Gasteiger partial charge on any atom is 0.226 e. The molecule has 3 rings (SSSR count). The molecule has 0 bridgehead atoms. The Morgan fingerprint density at radius 1 is 1.48 bits per heavy atom. The van der Waals surface area contributed by atoms with Gasteiger partial charge in [0.05, 0.1) is 17.7 Å².